The van der Waals surface area contributed by atoms with Gasteiger partial charge in [-0.15, -0.1) is 0 Å². The average Bonchev–Trinajstić information content (AvgIpc) is 2.91. The molecule has 1 atom stereocenters. The minimum absolute atomic E-state index is 0.0422. The Hall–Kier alpha value is -2.87. The van der Waals surface area contributed by atoms with Crippen LogP contribution in [0.25, 0.3) is 0 Å². The van der Waals surface area contributed by atoms with E-state index >= 15 is 0 Å². The molecule has 1 amide bonds. The van der Waals surface area contributed by atoms with E-state index in [1.54, 1.807) is 4.90 Å². The highest BCUT2D eigenvalue weighted by Gasteiger charge is 2.32. The van der Waals surface area contributed by atoms with Crippen molar-refractivity contribution in [3.05, 3.63) is 59.9 Å². The number of hydrogen-bond donors (Lipinski definition) is 1. The SMILES string of the molecule is N#Cc1cc(F)ccc1NC1CCN(c2ccccc2)C1=O. The highest BCUT2D eigenvalue weighted by atomic mass is 19.1. The zero-order valence-electron chi connectivity index (χ0n) is 11.8. The van der Waals surface area contributed by atoms with Crippen LogP contribution in [-0.2, 0) is 4.79 Å². The van der Waals surface area contributed by atoms with Gasteiger partial charge in [-0.05, 0) is 36.8 Å². The van der Waals surface area contributed by atoms with Crippen molar-refractivity contribution in [2.75, 3.05) is 16.8 Å². The van der Waals surface area contributed by atoms with E-state index < -0.39 is 11.9 Å². The molecule has 1 aliphatic heterocycles. The molecule has 1 fully saturated rings. The molecule has 2 aromatic rings. The maximum atomic E-state index is 13.2. The number of anilines is 2. The lowest BCUT2D eigenvalue weighted by Gasteiger charge is -2.18. The number of benzene rings is 2. The van der Waals surface area contributed by atoms with E-state index in [2.05, 4.69) is 5.32 Å². The number of halogens is 1. The summed E-state index contributed by atoms with van der Waals surface area (Å²) in [7, 11) is 0. The van der Waals surface area contributed by atoms with Crippen molar-refractivity contribution < 1.29 is 9.18 Å². The van der Waals surface area contributed by atoms with Crippen molar-refractivity contribution in [2.45, 2.75) is 12.5 Å². The summed E-state index contributed by atoms with van der Waals surface area (Å²) in [6.07, 6.45) is 0.635. The van der Waals surface area contributed by atoms with Crippen LogP contribution in [0.5, 0.6) is 0 Å². The van der Waals surface area contributed by atoms with E-state index in [0.29, 0.717) is 18.7 Å². The first-order valence-corrected chi connectivity index (χ1v) is 7.01. The van der Waals surface area contributed by atoms with Gasteiger partial charge in [-0.3, -0.25) is 4.79 Å². The van der Waals surface area contributed by atoms with Gasteiger partial charge in [-0.1, -0.05) is 18.2 Å². The molecule has 1 unspecified atom stereocenters. The smallest absolute Gasteiger partial charge is 0.249 e. The van der Waals surface area contributed by atoms with E-state index in [1.165, 1.54) is 12.1 Å². The monoisotopic (exact) mass is 295 g/mol. The van der Waals surface area contributed by atoms with Crippen LogP contribution >= 0.6 is 0 Å². The number of hydrogen-bond acceptors (Lipinski definition) is 3. The number of amides is 1. The number of para-hydroxylation sites is 1. The molecule has 1 aliphatic rings. The Bertz CT molecular complexity index is 739. The number of carbonyl (C=O) groups excluding carboxylic acids is 1. The second-order valence-corrected chi connectivity index (χ2v) is 5.11. The predicted molar refractivity (Wildman–Crippen MR) is 81.9 cm³/mol. The molecule has 5 heteroatoms. The molecule has 4 nitrogen and oxygen atoms in total. The molecule has 1 N–H and O–H groups in total. The molecule has 2 aromatic carbocycles. The molecular weight excluding hydrogens is 281 g/mol. The number of nitrogens with one attached hydrogen (secondary N) is 1. The molecule has 0 radical (unpaired) electrons. The quantitative estimate of drug-likeness (QED) is 0.947. The summed E-state index contributed by atoms with van der Waals surface area (Å²) in [5.74, 6) is -0.509. The summed E-state index contributed by atoms with van der Waals surface area (Å²) in [5.41, 5.74) is 1.54. The molecule has 22 heavy (non-hydrogen) atoms. The largest absolute Gasteiger partial charge is 0.373 e. The lowest BCUT2D eigenvalue weighted by atomic mass is 10.1. The fourth-order valence-corrected chi connectivity index (χ4v) is 2.60. The number of nitriles is 1. The van der Waals surface area contributed by atoms with Gasteiger partial charge < -0.3 is 10.2 Å². The number of rotatable bonds is 3. The van der Waals surface area contributed by atoms with Crippen molar-refractivity contribution in [3.8, 4) is 6.07 Å². The second-order valence-electron chi connectivity index (χ2n) is 5.11. The van der Waals surface area contributed by atoms with Crippen molar-refractivity contribution in [2.24, 2.45) is 0 Å². The van der Waals surface area contributed by atoms with Crippen LogP contribution in [0.1, 0.15) is 12.0 Å². The fourth-order valence-electron chi connectivity index (χ4n) is 2.60. The van der Waals surface area contributed by atoms with Gasteiger partial charge in [0.1, 0.15) is 17.9 Å². The molecule has 0 saturated carbocycles. The van der Waals surface area contributed by atoms with Crippen molar-refractivity contribution in [3.63, 3.8) is 0 Å². The van der Waals surface area contributed by atoms with Gasteiger partial charge in [-0.2, -0.15) is 5.26 Å². The van der Waals surface area contributed by atoms with E-state index in [0.717, 1.165) is 11.8 Å². The summed E-state index contributed by atoms with van der Waals surface area (Å²) in [5, 5.41) is 12.1. The van der Waals surface area contributed by atoms with Gasteiger partial charge in [0.15, 0.2) is 0 Å². The van der Waals surface area contributed by atoms with Crippen molar-refractivity contribution >= 4 is 17.3 Å². The summed E-state index contributed by atoms with van der Waals surface area (Å²) < 4.78 is 13.2. The minimum atomic E-state index is -0.467. The van der Waals surface area contributed by atoms with Crippen LogP contribution in [0.4, 0.5) is 15.8 Å². The Morgan fingerprint density at radius 2 is 2.00 bits per heavy atom. The Kier molecular flexibility index (Phi) is 3.75. The summed E-state index contributed by atoms with van der Waals surface area (Å²) in [6, 6.07) is 14.9. The predicted octanol–water partition coefficient (Wildman–Crippen LogP) is 2.91. The van der Waals surface area contributed by atoms with E-state index in [4.69, 9.17) is 5.26 Å². The average molecular weight is 295 g/mol. The molecule has 3 rings (SSSR count). The van der Waals surface area contributed by atoms with E-state index in [9.17, 15) is 9.18 Å². The zero-order chi connectivity index (χ0) is 15.5. The number of nitrogens with zero attached hydrogens (tertiary/aromatic N) is 2. The van der Waals surface area contributed by atoms with Crippen LogP contribution in [0.2, 0.25) is 0 Å². The van der Waals surface area contributed by atoms with E-state index in [-0.39, 0.29) is 11.5 Å². The van der Waals surface area contributed by atoms with Crippen LogP contribution < -0.4 is 10.2 Å². The molecule has 1 saturated heterocycles. The molecule has 0 spiro atoms. The topological polar surface area (TPSA) is 56.1 Å². The lowest BCUT2D eigenvalue weighted by molar-refractivity contribution is -0.117. The third-order valence-electron chi connectivity index (χ3n) is 3.71. The van der Waals surface area contributed by atoms with E-state index in [1.807, 2.05) is 36.4 Å². The van der Waals surface area contributed by atoms with Crippen LogP contribution in [0.3, 0.4) is 0 Å². The highest BCUT2D eigenvalue weighted by Crippen LogP contribution is 2.25. The van der Waals surface area contributed by atoms with Gasteiger partial charge in [-0.25, -0.2) is 4.39 Å². The normalized spacial score (nSPS) is 17.4. The summed E-state index contributed by atoms with van der Waals surface area (Å²) in [4.78, 5) is 14.2. The standard InChI is InChI=1S/C17H14FN3O/c18-13-6-7-15(12(10-13)11-19)20-16-8-9-21(17(16)22)14-4-2-1-3-5-14/h1-7,10,16,20H,8-9H2. The highest BCUT2D eigenvalue weighted by molar-refractivity contribution is 6.01. The van der Waals surface area contributed by atoms with Crippen molar-refractivity contribution in [1.29, 1.82) is 5.26 Å². The Balaban J connectivity index is 1.78. The maximum absolute atomic E-state index is 13.2. The Morgan fingerprint density at radius 3 is 2.73 bits per heavy atom. The third-order valence-corrected chi connectivity index (χ3v) is 3.71. The number of carbonyl (C=O) groups is 1. The molecule has 110 valence electrons. The first-order chi connectivity index (χ1) is 10.7. The van der Waals surface area contributed by atoms with Gasteiger partial charge in [0, 0.05) is 12.2 Å². The Labute approximate surface area is 127 Å². The molecular formula is C17H14FN3O. The van der Waals surface area contributed by atoms with Crippen molar-refractivity contribution in [1.82, 2.24) is 0 Å². The first kappa shape index (κ1) is 14.1. The minimum Gasteiger partial charge on any atom is -0.373 e. The van der Waals surface area contributed by atoms with Crippen LogP contribution in [0.15, 0.2) is 48.5 Å². The summed E-state index contributed by atoms with van der Waals surface area (Å²) in [6.45, 7) is 0.615. The van der Waals surface area contributed by atoms with Gasteiger partial charge >= 0.3 is 0 Å². The van der Waals surface area contributed by atoms with Gasteiger partial charge in [0.05, 0.1) is 11.3 Å². The van der Waals surface area contributed by atoms with Gasteiger partial charge in [0.25, 0.3) is 0 Å². The second kappa shape index (κ2) is 5.86. The Morgan fingerprint density at radius 1 is 1.23 bits per heavy atom. The molecule has 0 aliphatic carbocycles. The fraction of sp³-hybridized carbons (Fsp3) is 0.176. The van der Waals surface area contributed by atoms with Crippen LogP contribution in [-0.4, -0.2) is 18.5 Å². The summed E-state index contributed by atoms with van der Waals surface area (Å²) >= 11 is 0. The zero-order valence-corrected chi connectivity index (χ0v) is 11.8. The maximum Gasteiger partial charge on any atom is 0.249 e. The first-order valence-electron chi connectivity index (χ1n) is 7.01. The third kappa shape index (κ3) is 2.63. The molecule has 1 heterocycles. The van der Waals surface area contributed by atoms with Gasteiger partial charge in [0.2, 0.25) is 5.91 Å². The molecule has 0 bridgehead atoms. The lowest BCUT2D eigenvalue weighted by Crippen LogP contribution is -2.33. The molecule has 0 aromatic heterocycles. The van der Waals surface area contributed by atoms with Crippen LogP contribution in [0, 0.1) is 17.1 Å².